The number of amides is 1. The Balaban J connectivity index is 2.88. The van der Waals surface area contributed by atoms with Crippen LogP contribution in [0.4, 0.5) is 0 Å². The van der Waals surface area contributed by atoms with Gasteiger partial charge in [-0.2, -0.15) is 0 Å². The van der Waals surface area contributed by atoms with Crippen LogP contribution in [0.5, 0.6) is 0 Å². The van der Waals surface area contributed by atoms with Gasteiger partial charge in [0.15, 0.2) is 0 Å². The molecule has 14 heavy (non-hydrogen) atoms. The van der Waals surface area contributed by atoms with Gasteiger partial charge in [0.05, 0.1) is 22.3 Å². The number of likely N-dealkylation sites (N-methyl/N-ethyl adjacent to an activating group) is 1. The number of halogens is 1. The lowest BCUT2D eigenvalue weighted by molar-refractivity contribution is -0.163. The average molecular weight is 279 g/mol. The van der Waals surface area contributed by atoms with Crippen molar-refractivity contribution in [2.45, 2.75) is 6.92 Å². The molecule has 0 aromatic carbocycles. The van der Waals surface area contributed by atoms with Gasteiger partial charge < -0.3 is 0 Å². The number of hydroxylamine groups is 2. The van der Waals surface area contributed by atoms with Gasteiger partial charge >= 0.3 is 0 Å². The van der Waals surface area contributed by atoms with Crippen molar-refractivity contribution in [1.29, 1.82) is 0 Å². The van der Waals surface area contributed by atoms with Gasteiger partial charge in [-0.1, -0.05) is 0 Å². The van der Waals surface area contributed by atoms with Crippen molar-refractivity contribution in [3.05, 3.63) is 10.6 Å². The Morgan fingerprint density at radius 3 is 2.86 bits per heavy atom. The van der Waals surface area contributed by atoms with Crippen LogP contribution in [0.1, 0.15) is 6.92 Å². The Labute approximate surface area is 95.5 Å². The summed E-state index contributed by atoms with van der Waals surface area (Å²) in [5, 5.41) is 1.20. The third-order valence-electron chi connectivity index (χ3n) is 1.71. The molecule has 0 aliphatic carbocycles. The van der Waals surface area contributed by atoms with Gasteiger partial charge in [0.25, 0.3) is 5.91 Å². The molecule has 0 saturated carbocycles. The van der Waals surface area contributed by atoms with E-state index in [0.29, 0.717) is 10.7 Å². The zero-order valence-electron chi connectivity index (χ0n) is 8.20. The quantitative estimate of drug-likeness (QED) is 0.723. The summed E-state index contributed by atoms with van der Waals surface area (Å²) >= 11 is 4.76. The van der Waals surface area contributed by atoms with Crippen LogP contribution < -0.4 is 0 Å². The summed E-state index contributed by atoms with van der Waals surface area (Å²) < 4.78 is 0.858. The molecule has 0 aromatic heterocycles. The molecule has 0 spiro atoms. The standard InChI is InChI=1S/C8H11BrN2O2S/c1-5-7(8(12)11(2)13-3)14-4-6(9)10-5/h4H2,1-3H3. The lowest BCUT2D eigenvalue weighted by Gasteiger charge is -2.18. The second-order valence-corrected chi connectivity index (χ2v) is 4.58. The van der Waals surface area contributed by atoms with E-state index in [9.17, 15) is 4.79 Å². The molecule has 0 radical (unpaired) electrons. The van der Waals surface area contributed by atoms with Gasteiger partial charge in [0.2, 0.25) is 0 Å². The summed E-state index contributed by atoms with van der Waals surface area (Å²) in [7, 11) is 3.04. The number of thioether (sulfide) groups is 1. The first-order valence-electron chi connectivity index (χ1n) is 3.95. The molecule has 6 heteroatoms. The van der Waals surface area contributed by atoms with E-state index in [1.807, 2.05) is 6.92 Å². The van der Waals surface area contributed by atoms with Crippen LogP contribution in [0, 0.1) is 0 Å². The monoisotopic (exact) mass is 278 g/mol. The lowest BCUT2D eigenvalue weighted by atomic mass is 10.4. The normalized spacial score (nSPS) is 16.7. The van der Waals surface area contributed by atoms with Gasteiger partial charge in [0.1, 0.15) is 0 Å². The molecule has 1 heterocycles. The van der Waals surface area contributed by atoms with E-state index >= 15 is 0 Å². The summed E-state index contributed by atoms with van der Waals surface area (Å²) in [4.78, 5) is 21.3. The molecule has 0 saturated heterocycles. The van der Waals surface area contributed by atoms with Gasteiger partial charge in [-0.15, -0.1) is 11.8 Å². The van der Waals surface area contributed by atoms with Gasteiger partial charge in [-0.3, -0.25) is 9.63 Å². The van der Waals surface area contributed by atoms with Crippen molar-refractivity contribution < 1.29 is 9.63 Å². The topological polar surface area (TPSA) is 41.9 Å². The summed E-state index contributed by atoms with van der Waals surface area (Å²) in [6, 6.07) is 0. The highest BCUT2D eigenvalue weighted by Crippen LogP contribution is 2.28. The molecule has 4 nitrogen and oxygen atoms in total. The number of nitrogens with zero attached hydrogens (tertiary/aromatic N) is 2. The molecular weight excluding hydrogens is 268 g/mol. The van der Waals surface area contributed by atoms with Crippen molar-refractivity contribution in [1.82, 2.24) is 5.06 Å². The van der Waals surface area contributed by atoms with E-state index in [4.69, 9.17) is 4.84 Å². The van der Waals surface area contributed by atoms with Crippen LogP contribution in [-0.4, -0.2) is 35.5 Å². The Bertz CT molecular complexity index is 314. The number of aliphatic imine (C=N–C) groups is 1. The van der Waals surface area contributed by atoms with Crippen molar-refractivity contribution in [2.24, 2.45) is 4.99 Å². The smallest absolute Gasteiger partial charge is 0.274 e. The second kappa shape index (κ2) is 4.95. The first-order valence-corrected chi connectivity index (χ1v) is 5.73. The molecule has 0 unspecified atom stereocenters. The predicted molar refractivity (Wildman–Crippen MR) is 61.3 cm³/mol. The molecule has 0 atom stereocenters. The minimum Gasteiger partial charge on any atom is -0.274 e. The summed E-state index contributed by atoms with van der Waals surface area (Å²) in [6.07, 6.45) is 0. The second-order valence-electron chi connectivity index (χ2n) is 2.68. The minimum atomic E-state index is -0.154. The third kappa shape index (κ3) is 2.59. The third-order valence-corrected chi connectivity index (χ3v) is 3.71. The lowest BCUT2D eigenvalue weighted by Crippen LogP contribution is -2.27. The summed E-state index contributed by atoms with van der Waals surface area (Å²) in [6.45, 7) is 1.81. The van der Waals surface area contributed by atoms with Crippen molar-refractivity contribution in [3.63, 3.8) is 0 Å². The van der Waals surface area contributed by atoms with E-state index in [1.54, 1.807) is 7.05 Å². The SMILES string of the molecule is CON(C)C(=O)C1=C(C)N=C(Br)CS1. The summed E-state index contributed by atoms with van der Waals surface area (Å²) in [5.74, 6) is 0.537. The van der Waals surface area contributed by atoms with E-state index < -0.39 is 0 Å². The van der Waals surface area contributed by atoms with Gasteiger partial charge in [0, 0.05) is 12.8 Å². The van der Waals surface area contributed by atoms with Crippen LogP contribution in [0.25, 0.3) is 0 Å². The molecule has 1 rings (SSSR count). The van der Waals surface area contributed by atoms with Gasteiger partial charge in [-0.05, 0) is 22.9 Å². The van der Waals surface area contributed by atoms with E-state index in [-0.39, 0.29) is 5.91 Å². The molecule has 1 amide bonds. The molecule has 0 bridgehead atoms. The molecule has 1 aliphatic heterocycles. The maximum absolute atomic E-state index is 11.7. The maximum Gasteiger partial charge on any atom is 0.285 e. The molecule has 0 aromatic rings. The van der Waals surface area contributed by atoms with Crippen LogP contribution in [0.15, 0.2) is 15.6 Å². The number of carbonyl (C=O) groups is 1. The van der Waals surface area contributed by atoms with E-state index in [1.165, 1.54) is 23.9 Å². The predicted octanol–water partition coefficient (Wildman–Crippen LogP) is 1.78. The molecule has 78 valence electrons. The largest absolute Gasteiger partial charge is 0.285 e. The average Bonchev–Trinajstić information content (AvgIpc) is 2.15. The summed E-state index contributed by atoms with van der Waals surface area (Å²) in [5.41, 5.74) is 0.724. The van der Waals surface area contributed by atoms with Crippen LogP contribution in [0.3, 0.4) is 0 Å². The highest BCUT2D eigenvalue weighted by molar-refractivity contribution is 9.18. The van der Waals surface area contributed by atoms with Gasteiger partial charge in [-0.25, -0.2) is 10.1 Å². The number of rotatable bonds is 2. The highest BCUT2D eigenvalue weighted by Gasteiger charge is 2.21. The van der Waals surface area contributed by atoms with Crippen molar-refractivity contribution in [2.75, 3.05) is 19.9 Å². The number of hydrogen-bond donors (Lipinski definition) is 0. The number of allylic oxidation sites excluding steroid dienone is 1. The fourth-order valence-electron chi connectivity index (χ4n) is 0.944. The zero-order valence-corrected chi connectivity index (χ0v) is 10.6. The first kappa shape index (κ1) is 11.7. The number of carbonyl (C=O) groups excluding carboxylic acids is 1. The molecule has 0 fully saturated rings. The fourth-order valence-corrected chi connectivity index (χ4v) is 2.39. The highest BCUT2D eigenvalue weighted by atomic mass is 79.9. The van der Waals surface area contributed by atoms with Crippen LogP contribution in [0.2, 0.25) is 0 Å². The van der Waals surface area contributed by atoms with E-state index in [2.05, 4.69) is 20.9 Å². The molecular formula is C8H11BrN2O2S. The fraction of sp³-hybridized carbons (Fsp3) is 0.500. The van der Waals surface area contributed by atoms with E-state index in [0.717, 1.165) is 10.3 Å². The minimum absolute atomic E-state index is 0.154. The number of hydrogen-bond acceptors (Lipinski definition) is 4. The Hall–Kier alpha value is -0.330. The maximum atomic E-state index is 11.7. The Morgan fingerprint density at radius 2 is 2.36 bits per heavy atom. The molecule has 0 N–H and O–H groups in total. The Kier molecular flexibility index (Phi) is 4.15. The first-order chi connectivity index (χ1) is 6.56. The van der Waals surface area contributed by atoms with Crippen LogP contribution in [-0.2, 0) is 9.63 Å². The Morgan fingerprint density at radius 1 is 1.71 bits per heavy atom. The molecule has 1 aliphatic rings. The van der Waals surface area contributed by atoms with Crippen molar-refractivity contribution >= 4 is 38.2 Å². The zero-order chi connectivity index (χ0) is 10.7. The van der Waals surface area contributed by atoms with Crippen LogP contribution >= 0.6 is 27.7 Å². The van der Waals surface area contributed by atoms with Crippen molar-refractivity contribution in [3.8, 4) is 0 Å².